The second-order valence-corrected chi connectivity index (χ2v) is 6.33. The van der Waals surface area contributed by atoms with Crippen molar-refractivity contribution < 1.29 is 14.6 Å². The molecule has 0 saturated heterocycles. The van der Waals surface area contributed by atoms with Gasteiger partial charge in [0, 0.05) is 13.1 Å². The Morgan fingerprint density at radius 3 is 2.57 bits per heavy atom. The second-order valence-electron chi connectivity index (χ2n) is 5.45. The number of rotatable bonds is 8. The van der Waals surface area contributed by atoms with E-state index >= 15 is 0 Å². The van der Waals surface area contributed by atoms with Gasteiger partial charge >= 0.3 is 0 Å². The third-order valence-electron chi connectivity index (χ3n) is 3.64. The minimum Gasteiger partial charge on any atom is -0.508 e. The molecule has 0 aliphatic rings. The van der Waals surface area contributed by atoms with Crippen molar-refractivity contribution in [2.45, 2.75) is 26.2 Å². The van der Waals surface area contributed by atoms with Crippen LogP contribution in [0.5, 0.6) is 10.8 Å². The molecule has 0 aliphatic carbocycles. The zero-order valence-electron chi connectivity index (χ0n) is 13.6. The molecule has 4 nitrogen and oxygen atoms in total. The number of phenols is 1. The number of phenolic OH excluding ortho intramolecular Hbond substituents is 1. The highest BCUT2D eigenvalue weighted by Gasteiger charge is 2.14. The lowest BCUT2D eigenvalue weighted by Crippen LogP contribution is -2.34. The van der Waals surface area contributed by atoms with Crippen LogP contribution >= 0.6 is 11.3 Å². The van der Waals surface area contributed by atoms with Gasteiger partial charge in [-0.3, -0.25) is 4.79 Å². The maximum atomic E-state index is 12.5. The fourth-order valence-corrected chi connectivity index (χ4v) is 3.16. The first kappa shape index (κ1) is 17.3. The number of thiophene rings is 1. The number of methoxy groups -OCH3 is 1. The molecule has 0 bridgehead atoms. The minimum atomic E-state index is 0.125. The van der Waals surface area contributed by atoms with E-state index in [0.29, 0.717) is 13.0 Å². The molecule has 2 aromatic rings. The van der Waals surface area contributed by atoms with Crippen molar-refractivity contribution in [2.75, 3.05) is 20.2 Å². The minimum absolute atomic E-state index is 0.125. The first-order valence-corrected chi connectivity index (χ1v) is 8.67. The van der Waals surface area contributed by atoms with Crippen molar-refractivity contribution in [2.24, 2.45) is 0 Å². The Kier molecular flexibility index (Phi) is 6.47. The molecule has 0 spiro atoms. The fraction of sp³-hybridized carbons (Fsp3) is 0.389. The van der Waals surface area contributed by atoms with E-state index in [-0.39, 0.29) is 11.7 Å². The topological polar surface area (TPSA) is 49.8 Å². The Balaban J connectivity index is 1.93. The van der Waals surface area contributed by atoms with Gasteiger partial charge in [0.05, 0.1) is 13.5 Å². The first-order valence-electron chi connectivity index (χ1n) is 7.79. The Hall–Kier alpha value is -2.01. The van der Waals surface area contributed by atoms with Crippen LogP contribution in [0.2, 0.25) is 0 Å². The van der Waals surface area contributed by atoms with E-state index < -0.39 is 0 Å². The van der Waals surface area contributed by atoms with Crippen molar-refractivity contribution in [3.8, 4) is 10.8 Å². The number of carbonyl (C=O) groups is 1. The quantitative estimate of drug-likeness (QED) is 0.804. The van der Waals surface area contributed by atoms with Crippen molar-refractivity contribution in [3.63, 3.8) is 0 Å². The van der Waals surface area contributed by atoms with Gasteiger partial charge < -0.3 is 14.7 Å². The lowest BCUT2D eigenvalue weighted by Gasteiger charge is -2.22. The number of nitrogens with zero attached hydrogens (tertiary/aromatic N) is 1. The summed E-state index contributed by atoms with van der Waals surface area (Å²) in [5.41, 5.74) is 2.12. The van der Waals surface area contributed by atoms with E-state index in [1.165, 1.54) is 5.56 Å². The van der Waals surface area contributed by atoms with Crippen LogP contribution in [0.4, 0.5) is 0 Å². The van der Waals surface area contributed by atoms with Gasteiger partial charge in [0.25, 0.3) is 0 Å². The molecule has 1 N–H and O–H groups in total. The highest BCUT2D eigenvalue weighted by molar-refractivity contribution is 7.12. The molecule has 1 aromatic carbocycles. The smallest absolute Gasteiger partial charge is 0.226 e. The van der Waals surface area contributed by atoms with Crippen LogP contribution in [-0.2, 0) is 17.6 Å². The normalized spacial score (nSPS) is 10.5. The van der Waals surface area contributed by atoms with Crippen LogP contribution in [-0.4, -0.2) is 36.1 Å². The Bertz CT molecular complexity index is 621. The van der Waals surface area contributed by atoms with Crippen LogP contribution < -0.4 is 4.74 Å². The molecule has 1 aromatic heterocycles. The largest absolute Gasteiger partial charge is 0.508 e. The first-order chi connectivity index (χ1) is 11.1. The average Bonchev–Trinajstić information content (AvgIpc) is 3.01. The number of hydrogen-bond donors (Lipinski definition) is 1. The summed E-state index contributed by atoms with van der Waals surface area (Å²) < 4.78 is 5.20. The predicted octanol–water partition coefficient (Wildman–Crippen LogP) is 3.49. The van der Waals surface area contributed by atoms with Gasteiger partial charge in [-0.1, -0.05) is 19.1 Å². The summed E-state index contributed by atoms with van der Waals surface area (Å²) in [5, 5.41) is 12.3. The number of benzene rings is 1. The molecule has 0 saturated carbocycles. The van der Waals surface area contributed by atoms with E-state index in [0.717, 1.165) is 30.0 Å². The molecule has 0 aliphatic heterocycles. The Labute approximate surface area is 141 Å². The lowest BCUT2D eigenvalue weighted by atomic mass is 10.1. The number of hydrogen-bond acceptors (Lipinski definition) is 4. The van der Waals surface area contributed by atoms with Crippen LogP contribution in [0.25, 0.3) is 0 Å². The molecule has 5 heteroatoms. The maximum absolute atomic E-state index is 12.5. The molecule has 124 valence electrons. The average molecular weight is 333 g/mol. The molecule has 0 unspecified atom stereocenters. The van der Waals surface area contributed by atoms with Crippen LogP contribution in [0.1, 0.15) is 24.5 Å². The standard InChI is InChI=1S/C18H23NO3S/c1-3-9-19(10-8-15-12-18(22-2)23-13-15)17(21)11-14-4-6-16(20)7-5-14/h4-7,12-13,20H,3,8-11H2,1-2H3. The molecule has 0 atom stereocenters. The van der Waals surface area contributed by atoms with E-state index in [9.17, 15) is 9.90 Å². The summed E-state index contributed by atoms with van der Waals surface area (Å²) in [6.45, 7) is 3.55. The van der Waals surface area contributed by atoms with Crippen LogP contribution in [0, 0.1) is 0 Å². The van der Waals surface area contributed by atoms with Gasteiger partial charge in [-0.2, -0.15) is 0 Å². The summed E-state index contributed by atoms with van der Waals surface area (Å²) >= 11 is 1.58. The van der Waals surface area contributed by atoms with Gasteiger partial charge in [0.1, 0.15) is 5.75 Å². The summed E-state index contributed by atoms with van der Waals surface area (Å²) in [7, 11) is 1.67. The molecule has 2 rings (SSSR count). The number of amides is 1. The molecule has 1 amide bonds. The number of carbonyl (C=O) groups excluding carboxylic acids is 1. The summed E-state index contributed by atoms with van der Waals surface area (Å²) in [5.74, 6) is 0.345. The van der Waals surface area contributed by atoms with Gasteiger partial charge in [-0.15, -0.1) is 11.3 Å². The van der Waals surface area contributed by atoms with Gasteiger partial charge in [-0.05, 0) is 47.5 Å². The van der Waals surface area contributed by atoms with E-state index in [2.05, 4.69) is 12.3 Å². The Morgan fingerprint density at radius 2 is 1.96 bits per heavy atom. The van der Waals surface area contributed by atoms with Crippen molar-refractivity contribution in [1.29, 1.82) is 0 Å². The van der Waals surface area contributed by atoms with Crippen molar-refractivity contribution in [1.82, 2.24) is 4.90 Å². The number of aromatic hydroxyl groups is 1. The monoisotopic (exact) mass is 333 g/mol. The van der Waals surface area contributed by atoms with Crippen molar-refractivity contribution in [3.05, 3.63) is 46.8 Å². The van der Waals surface area contributed by atoms with E-state index in [4.69, 9.17) is 4.74 Å². The zero-order chi connectivity index (χ0) is 16.7. The SMILES string of the molecule is CCCN(CCc1csc(OC)c1)C(=O)Cc1ccc(O)cc1. The third kappa shape index (κ3) is 5.28. The molecular formula is C18H23NO3S. The highest BCUT2D eigenvalue weighted by atomic mass is 32.1. The fourth-order valence-electron chi connectivity index (χ4n) is 2.39. The Morgan fingerprint density at radius 1 is 1.22 bits per heavy atom. The van der Waals surface area contributed by atoms with E-state index in [1.54, 1.807) is 42.7 Å². The number of ether oxygens (including phenoxy) is 1. The summed E-state index contributed by atoms with van der Waals surface area (Å²) in [4.78, 5) is 14.4. The summed E-state index contributed by atoms with van der Waals surface area (Å²) in [6, 6.07) is 8.84. The van der Waals surface area contributed by atoms with Gasteiger partial charge in [0.15, 0.2) is 5.06 Å². The van der Waals surface area contributed by atoms with Crippen LogP contribution in [0.3, 0.4) is 0 Å². The molecule has 1 heterocycles. The highest BCUT2D eigenvalue weighted by Crippen LogP contribution is 2.23. The second kappa shape index (κ2) is 8.58. The summed E-state index contributed by atoms with van der Waals surface area (Å²) in [6.07, 6.45) is 2.14. The molecule has 0 radical (unpaired) electrons. The maximum Gasteiger partial charge on any atom is 0.226 e. The van der Waals surface area contributed by atoms with Gasteiger partial charge in [-0.25, -0.2) is 0 Å². The van der Waals surface area contributed by atoms with Crippen molar-refractivity contribution >= 4 is 17.2 Å². The molecular weight excluding hydrogens is 310 g/mol. The molecule has 23 heavy (non-hydrogen) atoms. The lowest BCUT2D eigenvalue weighted by molar-refractivity contribution is -0.130. The van der Waals surface area contributed by atoms with Gasteiger partial charge in [0.2, 0.25) is 5.91 Å². The van der Waals surface area contributed by atoms with E-state index in [1.807, 2.05) is 11.0 Å². The zero-order valence-corrected chi connectivity index (χ0v) is 14.4. The third-order valence-corrected chi connectivity index (χ3v) is 4.58. The van der Waals surface area contributed by atoms with Crippen LogP contribution in [0.15, 0.2) is 35.7 Å². The predicted molar refractivity (Wildman–Crippen MR) is 93.3 cm³/mol. The molecule has 0 fully saturated rings.